The van der Waals surface area contributed by atoms with E-state index in [0.29, 0.717) is 31.8 Å². The van der Waals surface area contributed by atoms with Crippen molar-refractivity contribution in [2.24, 2.45) is 11.3 Å². The molecule has 1 unspecified atom stereocenters. The van der Waals surface area contributed by atoms with E-state index in [1.807, 2.05) is 13.8 Å². The minimum absolute atomic E-state index is 0.0513. The highest BCUT2D eigenvalue weighted by atomic mass is 16.4. The van der Waals surface area contributed by atoms with E-state index in [2.05, 4.69) is 5.32 Å². The molecule has 6 heteroatoms. The third-order valence-electron chi connectivity index (χ3n) is 3.60. The predicted octanol–water partition coefficient (Wildman–Crippen LogP) is 0.862. The van der Waals surface area contributed by atoms with Gasteiger partial charge in [0, 0.05) is 32.5 Å². The molecule has 0 aliphatic carbocycles. The Morgan fingerprint density at radius 3 is 2.50 bits per heavy atom. The fourth-order valence-corrected chi connectivity index (χ4v) is 2.26. The minimum Gasteiger partial charge on any atom is -0.481 e. The van der Waals surface area contributed by atoms with Gasteiger partial charge in [-0.3, -0.25) is 14.4 Å². The van der Waals surface area contributed by atoms with Crippen LogP contribution >= 0.6 is 0 Å². The van der Waals surface area contributed by atoms with Crippen LogP contribution in [0.1, 0.15) is 40.0 Å². The van der Waals surface area contributed by atoms with Crippen LogP contribution in [-0.4, -0.2) is 47.4 Å². The van der Waals surface area contributed by atoms with E-state index in [4.69, 9.17) is 5.11 Å². The number of carboxylic acid groups (broad SMARTS) is 1. The molecule has 1 atom stereocenters. The lowest BCUT2D eigenvalue weighted by Crippen LogP contribution is -2.36. The molecule has 1 rings (SSSR count). The number of aliphatic carboxylic acids is 1. The number of carbonyl (C=O) groups excluding carboxylic acids is 2. The topological polar surface area (TPSA) is 86.7 Å². The molecule has 1 heterocycles. The summed E-state index contributed by atoms with van der Waals surface area (Å²) in [5.74, 6) is -0.719. The van der Waals surface area contributed by atoms with Crippen molar-refractivity contribution in [3.05, 3.63) is 0 Å². The van der Waals surface area contributed by atoms with Crippen molar-refractivity contribution in [1.82, 2.24) is 10.2 Å². The summed E-state index contributed by atoms with van der Waals surface area (Å²) in [6.45, 7) is 6.61. The summed E-state index contributed by atoms with van der Waals surface area (Å²) in [7, 11) is 0. The minimum atomic E-state index is -0.863. The maximum Gasteiger partial charge on any atom is 0.311 e. The van der Waals surface area contributed by atoms with Crippen LogP contribution in [0.4, 0.5) is 0 Å². The van der Waals surface area contributed by atoms with Gasteiger partial charge >= 0.3 is 5.97 Å². The molecule has 0 saturated carbocycles. The molecule has 1 aliphatic rings. The Bertz CT molecular complexity index is 395. The quantitative estimate of drug-likeness (QED) is 0.757. The lowest BCUT2D eigenvalue weighted by atomic mass is 9.90. The van der Waals surface area contributed by atoms with Gasteiger partial charge in [-0.1, -0.05) is 13.8 Å². The monoisotopic (exact) mass is 284 g/mol. The molecule has 0 aromatic rings. The van der Waals surface area contributed by atoms with Crippen molar-refractivity contribution in [3.63, 3.8) is 0 Å². The van der Waals surface area contributed by atoms with Crippen LogP contribution in [0.2, 0.25) is 0 Å². The first-order valence-electron chi connectivity index (χ1n) is 7.02. The molecule has 1 fully saturated rings. The van der Waals surface area contributed by atoms with Gasteiger partial charge in [-0.15, -0.1) is 0 Å². The van der Waals surface area contributed by atoms with Gasteiger partial charge in [0.1, 0.15) is 0 Å². The van der Waals surface area contributed by atoms with Gasteiger partial charge < -0.3 is 15.3 Å². The summed E-state index contributed by atoms with van der Waals surface area (Å²) in [6.07, 6.45) is 1.16. The van der Waals surface area contributed by atoms with Crippen LogP contribution in [0.3, 0.4) is 0 Å². The van der Waals surface area contributed by atoms with E-state index in [-0.39, 0.29) is 24.8 Å². The van der Waals surface area contributed by atoms with Gasteiger partial charge in [-0.2, -0.15) is 0 Å². The van der Waals surface area contributed by atoms with E-state index >= 15 is 0 Å². The number of likely N-dealkylation sites (tertiary alicyclic amines) is 1. The number of hydrogen-bond donors (Lipinski definition) is 2. The molecule has 2 N–H and O–H groups in total. The third kappa shape index (κ3) is 4.51. The molecule has 1 saturated heterocycles. The Kier molecular flexibility index (Phi) is 5.53. The fourth-order valence-electron chi connectivity index (χ4n) is 2.26. The molecule has 0 aromatic carbocycles. The van der Waals surface area contributed by atoms with Crippen LogP contribution in [0, 0.1) is 11.3 Å². The molecule has 0 spiro atoms. The van der Waals surface area contributed by atoms with Crippen LogP contribution < -0.4 is 5.32 Å². The lowest BCUT2D eigenvalue weighted by molar-refractivity contribution is -0.147. The van der Waals surface area contributed by atoms with Crippen LogP contribution in [0.15, 0.2) is 0 Å². The molecule has 0 bridgehead atoms. The van der Waals surface area contributed by atoms with Gasteiger partial charge in [0.15, 0.2) is 0 Å². The Hall–Kier alpha value is -1.59. The first-order valence-corrected chi connectivity index (χ1v) is 7.02. The van der Waals surface area contributed by atoms with Crippen molar-refractivity contribution >= 4 is 17.8 Å². The largest absolute Gasteiger partial charge is 0.481 e. The molecule has 0 radical (unpaired) electrons. The summed E-state index contributed by atoms with van der Waals surface area (Å²) in [6, 6.07) is 0. The number of carboxylic acids is 1. The van der Waals surface area contributed by atoms with Gasteiger partial charge in [0.05, 0.1) is 5.41 Å². The highest BCUT2D eigenvalue weighted by Gasteiger charge is 2.41. The highest BCUT2D eigenvalue weighted by molar-refractivity contribution is 5.81. The first-order chi connectivity index (χ1) is 9.24. The maximum absolute atomic E-state index is 11.9. The Morgan fingerprint density at radius 2 is 2.00 bits per heavy atom. The fraction of sp³-hybridized carbons (Fsp3) is 0.786. The predicted molar refractivity (Wildman–Crippen MR) is 74.0 cm³/mol. The van der Waals surface area contributed by atoms with E-state index in [1.165, 1.54) is 0 Å². The van der Waals surface area contributed by atoms with Crippen molar-refractivity contribution in [2.45, 2.75) is 40.0 Å². The van der Waals surface area contributed by atoms with Crippen LogP contribution in [0.5, 0.6) is 0 Å². The van der Waals surface area contributed by atoms with Crippen molar-refractivity contribution in [2.75, 3.05) is 19.6 Å². The van der Waals surface area contributed by atoms with Gasteiger partial charge in [-0.05, 0) is 19.3 Å². The molecule has 0 aromatic heterocycles. The average molecular weight is 284 g/mol. The molecule has 6 nitrogen and oxygen atoms in total. The normalized spacial score (nSPS) is 22.1. The third-order valence-corrected chi connectivity index (χ3v) is 3.60. The standard InChI is InChI=1S/C14H24N2O4/c1-10(2)8-11(17)15-6-4-12(18)16-7-5-14(3,9-16)13(19)20/h10H,4-9H2,1-3H3,(H,15,17)(H,19,20). The number of carbonyl (C=O) groups is 3. The number of hydrogen-bond acceptors (Lipinski definition) is 3. The van der Waals surface area contributed by atoms with Gasteiger partial charge in [-0.25, -0.2) is 0 Å². The van der Waals surface area contributed by atoms with E-state index < -0.39 is 11.4 Å². The highest BCUT2D eigenvalue weighted by Crippen LogP contribution is 2.30. The molecule has 1 aliphatic heterocycles. The summed E-state index contributed by atoms with van der Waals surface area (Å²) >= 11 is 0. The van der Waals surface area contributed by atoms with Gasteiger partial charge in [0.25, 0.3) is 0 Å². The number of amides is 2. The zero-order valence-electron chi connectivity index (χ0n) is 12.4. The molecular weight excluding hydrogens is 260 g/mol. The first kappa shape index (κ1) is 16.5. The van der Waals surface area contributed by atoms with Crippen LogP contribution in [-0.2, 0) is 14.4 Å². The Morgan fingerprint density at radius 1 is 1.35 bits per heavy atom. The van der Waals surface area contributed by atoms with Gasteiger partial charge in [0.2, 0.25) is 11.8 Å². The van der Waals surface area contributed by atoms with Crippen molar-refractivity contribution < 1.29 is 19.5 Å². The van der Waals surface area contributed by atoms with E-state index in [0.717, 1.165) is 0 Å². The smallest absolute Gasteiger partial charge is 0.311 e. The second-order valence-corrected chi connectivity index (χ2v) is 6.13. The van der Waals surface area contributed by atoms with Crippen molar-refractivity contribution in [3.8, 4) is 0 Å². The molecular formula is C14H24N2O4. The average Bonchev–Trinajstić information content (AvgIpc) is 2.72. The molecule has 2 amide bonds. The Balaban J connectivity index is 2.31. The van der Waals surface area contributed by atoms with E-state index in [9.17, 15) is 14.4 Å². The van der Waals surface area contributed by atoms with E-state index in [1.54, 1.807) is 11.8 Å². The Labute approximate surface area is 119 Å². The van der Waals surface area contributed by atoms with Crippen LogP contribution in [0.25, 0.3) is 0 Å². The summed E-state index contributed by atoms with van der Waals surface area (Å²) in [5, 5.41) is 11.8. The van der Waals surface area contributed by atoms with Crippen molar-refractivity contribution in [1.29, 1.82) is 0 Å². The molecule has 20 heavy (non-hydrogen) atoms. The molecule has 114 valence electrons. The summed E-state index contributed by atoms with van der Waals surface area (Å²) < 4.78 is 0. The second-order valence-electron chi connectivity index (χ2n) is 6.13. The zero-order chi connectivity index (χ0) is 15.3. The zero-order valence-corrected chi connectivity index (χ0v) is 12.4. The summed E-state index contributed by atoms with van der Waals surface area (Å²) in [4.78, 5) is 36.1. The number of nitrogens with zero attached hydrogens (tertiary/aromatic N) is 1. The SMILES string of the molecule is CC(C)CC(=O)NCCC(=O)N1CCC(C)(C(=O)O)C1. The second kappa shape index (κ2) is 6.72. The maximum atomic E-state index is 11.9. The number of rotatable bonds is 6. The lowest BCUT2D eigenvalue weighted by Gasteiger charge is -2.20. The summed E-state index contributed by atoms with van der Waals surface area (Å²) in [5.41, 5.74) is -0.837. The number of nitrogens with one attached hydrogen (secondary N) is 1.